The maximum atomic E-state index is 13.1. The first kappa shape index (κ1) is 11.5. The second-order valence-electron chi connectivity index (χ2n) is 3.17. The van der Waals surface area contributed by atoms with E-state index in [-0.39, 0.29) is 10.7 Å². The van der Waals surface area contributed by atoms with E-state index >= 15 is 0 Å². The quantitative estimate of drug-likeness (QED) is 0.892. The van der Waals surface area contributed by atoms with Crippen LogP contribution in [-0.2, 0) is 0 Å². The maximum Gasteiger partial charge on any atom is 0.275 e. The van der Waals surface area contributed by atoms with Gasteiger partial charge >= 0.3 is 0 Å². The third kappa shape index (κ3) is 2.76. The van der Waals surface area contributed by atoms with E-state index in [1.54, 1.807) is 0 Å². The van der Waals surface area contributed by atoms with E-state index < -0.39 is 11.7 Å². The highest BCUT2D eigenvalue weighted by Crippen LogP contribution is 2.18. The third-order valence-corrected chi connectivity index (χ3v) is 2.28. The summed E-state index contributed by atoms with van der Waals surface area (Å²) < 4.78 is 13.1. The summed E-state index contributed by atoms with van der Waals surface area (Å²) >= 11 is 5.52. The molecule has 6 heteroatoms. The van der Waals surface area contributed by atoms with Crippen molar-refractivity contribution in [2.24, 2.45) is 0 Å². The second kappa shape index (κ2) is 4.88. The topological polar surface area (TPSA) is 54.9 Å². The predicted octanol–water partition coefficient (Wildman–Crippen LogP) is 2.52. The van der Waals surface area contributed by atoms with Gasteiger partial charge in [-0.3, -0.25) is 9.78 Å². The predicted molar refractivity (Wildman–Crippen MR) is 61.4 cm³/mol. The Morgan fingerprint density at radius 3 is 2.82 bits per heavy atom. The molecule has 1 amide bonds. The van der Waals surface area contributed by atoms with E-state index in [2.05, 4.69) is 15.3 Å². The molecule has 0 saturated heterocycles. The zero-order valence-corrected chi connectivity index (χ0v) is 9.28. The van der Waals surface area contributed by atoms with E-state index in [9.17, 15) is 9.18 Å². The molecule has 0 unspecified atom stereocenters. The summed E-state index contributed by atoms with van der Waals surface area (Å²) in [4.78, 5) is 19.2. The molecule has 2 aromatic rings. The molecule has 1 aromatic heterocycles. The number of nitrogens with zero attached hydrogens (tertiary/aromatic N) is 2. The number of carbonyl (C=O) groups excluding carboxylic acids is 1. The van der Waals surface area contributed by atoms with Gasteiger partial charge in [-0.05, 0) is 18.2 Å². The van der Waals surface area contributed by atoms with Gasteiger partial charge in [-0.1, -0.05) is 11.6 Å². The molecular weight excluding hydrogens is 245 g/mol. The molecular formula is C11H7ClFN3O. The third-order valence-electron chi connectivity index (χ3n) is 1.97. The number of halogens is 2. The molecule has 0 aliphatic rings. The minimum Gasteiger partial charge on any atom is -0.320 e. The van der Waals surface area contributed by atoms with Gasteiger partial charge in [0.1, 0.15) is 11.5 Å². The summed E-state index contributed by atoms with van der Waals surface area (Å²) in [6.45, 7) is 0. The number of rotatable bonds is 2. The number of hydrogen-bond donors (Lipinski definition) is 1. The van der Waals surface area contributed by atoms with Crippen LogP contribution in [0.25, 0.3) is 0 Å². The molecule has 0 fully saturated rings. The average molecular weight is 252 g/mol. The Bertz CT molecular complexity index is 548. The normalized spacial score (nSPS) is 10.0. The molecule has 1 N–H and O–H groups in total. The smallest absolute Gasteiger partial charge is 0.275 e. The van der Waals surface area contributed by atoms with Crippen LogP contribution >= 0.6 is 11.6 Å². The van der Waals surface area contributed by atoms with Crippen molar-refractivity contribution < 1.29 is 9.18 Å². The lowest BCUT2D eigenvalue weighted by Gasteiger charge is -2.04. The first-order valence-corrected chi connectivity index (χ1v) is 5.07. The number of nitrogens with one attached hydrogen (secondary N) is 1. The fourth-order valence-corrected chi connectivity index (χ4v) is 1.30. The van der Waals surface area contributed by atoms with Gasteiger partial charge in [0, 0.05) is 18.1 Å². The monoisotopic (exact) mass is 251 g/mol. The number of hydrogen-bond acceptors (Lipinski definition) is 3. The van der Waals surface area contributed by atoms with Gasteiger partial charge in [0.05, 0.1) is 11.2 Å². The number of amides is 1. The number of benzene rings is 1. The fourth-order valence-electron chi connectivity index (χ4n) is 1.19. The highest BCUT2D eigenvalue weighted by atomic mass is 35.5. The molecule has 0 saturated carbocycles. The van der Waals surface area contributed by atoms with Crippen molar-refractivity contribution in [3.05, 3.63) is 53.3 Å². The molecule has 0 spiro atoms. The molecule has 0 aliphatic heterocycles. The molecule has 0 atom stereocenters. The van der Waals surface area contributed by atoms with Crippen molar-refractivity contribution in [2.75, 3.05) is 5.32 Å². The Morgan fingerprint density at radius 2 is 2.18 bits per heavy atom. The van der Waals surface area contributed by atoms with E-state index in [1.165, 1.54) is 30.7 Å². The summed E-state index contributed by atoms with van der Waals surface area (Å²) in [5.41, 5.74) is 0.463. The van der Waals surface area contributed by atoms with Crippen LogP contribution in [0.3, 0.4) is 0 Å². The molecule has 1 aromatic carbocycles. The van der Waals surface area contributed by atoms with Crippen LogP contribution in [0.15, 0.2) is 36.8 Å². The van der Waals surface area contributed by atoms with E-state index in [1.807, 2.05) is 0 Å². The summed E-state index contributed by atoms with van der Waals surface area (Å²) in [5, 5.41) is 2.49. The minimum absolute atomic E-state index is 0.00232. The Morgan fingerprint density at radius 1 is 1.35 bits per heavy atom. The van der Waals surface area contributed by atoms with Gasteiger partial charge < -0.3 is 5.32 Å². The van der Waals surface area contributed by atoms with Gasteiger partial charge in [-0.2, -0.15) is 0 Å². The Hall–Kier alpha value is -2.01. The van der Waals surface area contributed by atoms with Crippen molar-refractivity contribution in [3.8, 4) is 0 Å². The zero-order chi connectivity index (χ0) is 12.3. The van der Waals surface area contributed by atoms with Crippen molar-refractivity contribution in [2.45, 2.75) is 0 Å². The Kier molecular flexibility index (Phi) is 3.30. The van der Waals surface area contributed by atoms with E-state index in [0.29, 0.717) is 5.69 Å². The Labute approximate surface area is 101 Å². The summed E-state index contributed by atoms with van der Waals surface area (Å²) in [6, 6.07) is 4.00. The average Bonchev–Trinajstić information content (AvgIpc) is 2.35. The standard InChI is InChI=1S/C11H7ClFN3O/c12-8-2-1-7(5-9(8)13)16-11(17)10-6-14-3-4-15-10/h1-6H,(H,16,17). The van der Waals surface area contributed by atoms with Crippen LogP contribution in [0.5, 0.6) is 0 Å². The van der Waals surface area contributed by atoms with Crippen molar-refractivity contribution >= 4 is 23.2 Å². The van der Waals surface area contributed by atoms with Crippen LogP contribution in [0.1, 0.15) is 10.5 Å². The molecule has 86 valence electrons. The summed E-state index contributed by atoms with van der Waals surface area (Å²) in [5.74, 6) is -1.05. The Balaban J connectivity index is 2.16. The molecule has 1 heterocycles. The summed E-state index contributed by atoms with van der Waals surface area (Å²) in [7, 11) is 0. The molecule has 0 radical (unpaired) electrons. The highest BCUT2D eigenvalue weighted by molar-refractivity contribution is 6.30. The highest BCUT2D eigenvalue weighted by Gasteiger charge is 2.08. The zero-order valence-electron chi connectivity index (χ0n) is 8.52. The van der Waals surface area contributed by atoms with Crippen LogP contribution < -0.4 is 5.32 Å². The first-order chi connectivity index (χ1) is 8.16. The molecule has 0 aliphatic carbocycles. The van der Waals surface area contributed by atoms with Gasteiger partial charge in [0.15, 0.2) is 0 Å². The molecule has 17 heavy (non-hydrogen) atoms. The van der Waals surface area contributed by atoms with Crippen LogP contribution in [0.4, 0.5) is 10.1 Å². The SMILES string of the molecule is O=C(Nc1ccc(Cl)c(F)c1)c1cnccn1. The van der Waals surface area contributed by atoms with Gasteiger partial charge in [0.25, 0.3) is 5.91 Å². The molecule has 4 nitrogen and oxygen atoms in total. The second-order valence-corrected chi connectivity index (χ2v) is 3.58. The lowest BCUT2D eigenvalue weighted by Crippen LogP contribution is -2.13. The van der Waals surface area contributed by atoms with Crippen LogP contribution in [0, 0.1) is 5.82 Å². The van der Waals surface area contributed by atoms with Crippen molar-refractivity contribution in [1.82, 2.24) is 9.97 Å². The van der Waals surface area contributed by atoms with Crippen molar-refractivity contribution in [1.29, 1.82) is 0 Å². The van der Waals surface area contributed by atoms with Gasteiger partial charge in [-0.25, -0.2) is 9.37 Å². The van der Waals surface area contributed by atoms with Crippen molar-refractivity contribution in [3.63, 3.8) is 0 Å². The lowest BCUT2D eigenvalue weighted by molar-refractivity contribution is 0.102. The van der Waals surface area contributed by atoms with Crippen LogP contribution in [-0.4, -0.2) is 15.9 Å². The molecule has 0 bridgehead atoms. The van der Waals surface area contributed by atoms with Crippen LogP contribution in [0.2, 0.25) is 5.02 Å². The maximum absolute atomic E-state index is 13.1. The lowest BCUT2D eigenvalue weighted by atomic mass is 10.3. The van der Waals surface area contributed by atoms with E-state index in [4.69, 9.17) is 11.6 Å². The van der Waals surface area contributed by atoms with Gasteiger partial charge in [0.2, 0.25) is 0 Å². The summed E-state index contributed by atoms with van der Waals surface area (Å²) in [6.07, 6.45) is 4.18. The largest absolute Gasteiger partial charge is 0.320 e. The number of aromatic nitrogens is 2. The minimum atomic E-state index is -0.594. The number of anilines is 1. The molecule has 2 rings (SSSR count). The fraction of sp³-hybridized carbons (Fsp3) is 0. The van der Waals surface area contributed by atoms with E-state index in [0.717, 1.165) is 6.07 Å². The first-order valence-electron chi connectivity index (χ1n) is 4.69. The van der Waals surface area contributed by atoms with Gasteiger partial charge in [-0.15, -0.1) is 0 Å². The number of carbonyl (C=O) groups is 1.